The molecule has 2 N–H and O–H groups in total. The Kier molecular flexibility index (Phi) is 7.33. The number of nitrogens with zero attached hydrogens (tertiary/aromatic N) is 1. The van der Waals surface area contributed by atoms with Gasteiger partial charge in [-0.25, -0.2) is 4.98 Å². The summed E-state index contributed by atoms with van der Waals surface area (Å²) in [5.74, 6) is -0.154. The van der Waals surface area contributed by atoms with Gasteiger partial charge in [0.1, 0.15) is 5.01 Å². The summed E-state index contributed by atoms with van der Waals surface area (Å²) in [5.41, 5.74) is 3.02. The molecule has 3 aromatic rings. The highest BCUT2D eigenvalue weighted by molar-refractivity contribution is 7.80. The van der Waals surface area contributed by atoms with Crippen molar-refractivity contribution in [2.24, 2.45) is 0 Å². The lowest BCUT2D eigenvalue weighted by atomic mass is 10.2. The minimum atomic E-state index is -0.154. The van der Waals surface area contributed by atoms with E-state index in [2.05, 4.69) is 33.6 Å². The van der Waals surface area contributed by atoms with Crippen LogP contribution in [0.2, 0.25) is 0 Å². The average molecular weight is 414 g/mol. The highest BCUT2D eigenvalue weighted by Crippen LogP contribution is 2.31. The molecule has 0 radical (unpaired) electrons. The van der Waals surface area contributed by atoms with E-state index in [1.165, 1.54) is 11.8 Å². The number of aromatic nitrogens is 1. The van der Waals surface area contributed by atoms with E-state index in [-0.39, 0.29) is 5.97 Å². The maximum atomic E-state index is 11.1. The average Bonchev–Trinajstić information content (AvgIpc) is 3.15. The summed E-state index contributed by atoms with van der Waals surface area (Å²) < 4.78 is 5.81. The maximum Gasteiger partial charge on any atom is 0.305 e. The number of esters is 1. The zero-order chi connectivity index (χ0) is 19.8. The van der Waals surface area contributed by atoms with Crippen LogP contribution >= 0.6 is 23.6 Å². The van der Waals surface area contributed by atoms with Gasteiger partial charge in [-0.2, -0.15) is 0 Å². The molecule has 0 unspecified atom stereocenters. The van der Waals surface area contributed by atoms with Gasteiger partial charge in [-0.3, -0.25) is 4.79 Å². The lowest BCUT2D eigenvalue weighted by molar-refractivity contribution is -0.140. The van der Waals surface area contributed by atoms with Gasteiger partial charge >= 0.3 is 5.97 Å². The van der Waals surface area contributed by atoms with Crippen molar-refractivity contribution in [3.05, 3.63) is 48.5 Å². The summed E-state index contributed by atoms with van der Waals surface area (Å²) in [6, 6.07) is 16.2. The molecule has 0 spiro atoms. The third-order valence-electron chi connectivity index (χ3n) is 4.23. The van der Waals surface area contributed by atoms with Crippen molar-refractivity contribution in [1.29, 1.82) is 0 Å². The number of ether oxygens (including phenoxy) is 1. The standard InChI is InChI=1S/C21H23N3O2S2/c1-26-19(25)12-3-2-6-13-22-21(27)23-16-9-7-8-15(14-16)20-24-17-10-4-5-11-18(17)28-20/h4-5,7-11,14H,2-3,6,12-13H2,1H3,(H2,22,23,27). The minimum absolute atomic E-state index is 0.154. The summed E-state index contributed by atoms with van der Waals surface area (Å²) in [6.45, 7) is 0.768. The topological polar surface area (TPSA) is 63.2 Å². The van der Waals surface area contributed by atoms with E-state index in [4.69, 9.17) is 17.2 Å². The Morgan fingerprint density at radius 1 is 1.14 bits per heavy atom. The summed E-state index contributed by atoms with van der Waals surface area (Å²) in [5, 5.41) is 8.02. The Hall–Kier alpha value is -2.51. The van der Waals surface area contributed by atoms with Crippen LogP contribution in [0.5, 0.6) is 0 Å². The zero-order valence-electron chi connectivity index (χ0n) is 15.7. The molecule has 2 aromatic carbocycles. The molecule has 0 aliphatic heterocycles. The SMILES string of the molecule is COC(=O)CCCCCNC(=S)Nc1cccc(-c2nc3ccccc3s2)c1. The monoisotopic (exact) mass is 413 g/mol. The number of para-hydroxylation sites is 1. The summed E-state index contributed by atoms with van der Waals surface area (Å²) >= 11 is 7.06. The number of fused-ring (bicyclic) bond motifs is 1. The number of hydrogen-bond acceptors (Lipinski definition) is 5. The summed E-state index contributed by atoms with van der Waals surface area (Å²) in [7, 11) is 1.42. The molecule has 7 heteroatoms. The van der Waals surface area contributed by atoms with Gasteiger partial charge in [0.2, 0.25) is 0 Å². The van der Waals surface area contributed by atoms with Gasteiger partial charge in [-0.1, -0.05) is 30.7 Å². The Labute approximate surface area is 174 Å². The largest absolute Gasteiger partial charge is 0.469 e. The van der Waals surface area contributed by atoms with Crippen LogP contribution in [0, 0.1) is 0 Å². The number of nitrogens with one attached hydrogen (secondary N) is 2. The fourth-order valence-electron chi connectivity index (χ4n) is 2.78. The third-order valence-corrected chi connectivity index (χ3v) is 5.56. The van der Waals surface area contributed by atoms with E-state index in [1.807, 2.05) is 30.3 Å². The second-order valence-corrected chi connectivity index (χ2v) is 7.77. The summed E-state index contributed by atoms with van der Waals surface area (Å²) in [6.07, 6.45) is 3.21. The molecule has 0 saturated carbocycles. The smallest absolute Gasteiger partial charge is 0.305 e. The second-order valence-electron chi connectivity index (χ2n) is 6.34. The normalized spacial score (nSPS) is 10.6. The van der Waals surface area contributed by atoms with Crippen LogP contribution in [0.15, 0.2) is 48.5 Å². The molecule has 5 nitrogen and oxygen atoms in total. The van der Waals surface area contributed by atoms with Crippen molar-refractivity contribution in [3.63, 3.8) is 0 Å². The number of unbranched alkanes of at least 4 members (excludes halogenated alkanes) is 2. The predicted molar refractivity (Wildman–Crippen MR) is 120 cm³/mol. The number of hydrogen-bond donors (Lipinski definition) is 2. The first-order valence-electron chi connectivity index (χ1n) is 9.23. The molecular formula is C21H23N3O2S2. The van der Waals surface area contributed by atoms with Gasteiger partial charge in [0, 0.05) is 24.2 Å². The molecular weight excluding hydrogens is 390 g/mol. The second kappa shape index (κ2) is 10.1. The first kappa shape index (κ1) is 20.2. The highest BCUT2D eigenvalue weighted by atomic mass is 32.1. The van der Waals surface area contributed by atoms with Crippen molar-refractivity contribution >= 4 is 50.5 Å². The quantitative estimate of drug-likeness (QED) is 0.308. The lowest BCUT2D eigenvalue weighted by Gasteiger charge is -2.11. The Morgan fingerprint density at radius 2 is 2.00 bits per heavy atom. The van der Waals surface area contributed by atoms with Crippen LogP contribution in [0.25, 0.3) is 20.8 Å². The van der Waals surface area contributed by atoms with E-state index in [9.17, 15) is 4.79 Å². The molecule has 1 aromatic heterocycles. The van der Waals surface area contributed by atoms with E-state index in [0.29, 0.717) is 11.5 Å². The van der Waals surface area contributed by atoms with E-state index >= 15 is 0 Å². The fraction of sp³-hybridized carbons (Fsp3) is 0.286. The van der Waals surface area contributed by atoms with Crippen molar-refractivity contribution in [2.45, 2.75) is 25.7 Å². The van der Waals surface area contributed by atoms with Gasteiger partial charge < -0.3 is 15.4 Å². The molecule has 3 rings (SSSR count). The predicted octanol–water partition coefficient (Wildman–Crippen LogP) is 4.98. The number of anilines is 1. The Bertz CT molecular complexity index is 922. The number of rotatable bonds is 8. The molecule has 0 aliphatic carbocycles. The maximum absolute atomic E-state index is 11.1. The van der Waals surface area contributed by atoms with Crippen LogP contribution in [0.4, 0.5) is 5.69 Å². The van der Waals surface area contributed by atoms with Crippen LogP contribution in [-0.4, -0.2) is 29.7 Å². The molecule has 146 valence electrons. The van der Waals surface area contributed by atoms with Crippen LogP contribution < -0.4 is 10.6 Å². The molecule has 0 bridgehead atoms. The van der Waals surface area contributed by atoms with Gasteiger partial charge in [0.15, 0.2) is 5.11 Å². The number of thiazole rings is 1. The van der Waals surface area contributed by atoms with E-state index in [0.717, 1.165) is 47.6 Å². The number of methoxy groups -OCH3 is 1. The van der Waals surface area contributed by atoms with Gasteiger partial charge in [0.25, 0.3) is 0 Å². The fourth-order valence-corrected chi connectivity index (χ4v) is 3.96. The van der Waals surface area contributed by atoms with Crippen LogP contribution in [-0.2, 0) is 9.53 Å². The minimum Gasteiger partial charge on any atom is -0.469 e. The molecule has 0 fully saturated rings. The van der Waals surface area contributed by atoms with Gasteiger partial charge in [0.05, 0.1) is 17.3 Å². The molecule has 0 saturated heterocycles. The van der Waals surface area contributed by atoms with Crippen molar-refractivity contribution in [2.75, 3.05) is 19.0 Å². The first-order valence-corrected chi connectivity index (χ1v) is 10.5. The van der Waals surface area contributed by atoms with Crippen LogP contribution in [0.3, 0.4) is 0 Å². The number of benzene rings is 2. The highest BCUT2D eigenvalue weighted by Gasteiger charge is 2.07. The lowest BCUT2D eigenvalue weighted by Crippen LogP contribution is -2.29. The molecule has 0 amide bonds. The molecule has 0 atom stereocenters. The van der Waals surface area contributed by atoms with Crippen molar-refractivity contribution < 1.29 is 9.53 Å². The van der Waals surface area contributed by atoms with E-state index < -0.39 is 0 Å². The van der Waals surface area contributed by atoms with Gasteiger partial charge in [-0.05, 0) is 49.3 Å². The van der Waals surface area contributed by atoms with Crippen molar-refractivity contribution in [3.8, 4) is 10.6 Å². The van der Waals surface area contributed by atoms with Crippen LogP contribution in [0.1, 0.15) is 25.7 Å². The number of carbonyl (C=O) groups excluding carboxylic acids is 1. The Morgan fingerprint density at radius 3 is 2.82 bits per heavy atom. The third kappa shape index (κ3) is 5.74. The van der Waals surface area contributed by atoms with Crippen molar-refractivity contribution in [1.82, 2.24) is 10.3 Å². The summed E-state index contributed by atoms with van der Waals surface area (Å²) in [4.78, 5) is 15.8. The number of thiocarbonyl (C=S) groups is 1. The number of carbonyl (C=O) groups is 1. The Balaban J connectivity index is 1.49. The van der Waals surface area contributed by atoms with Gasteiger partial charge in [-0.15, -0.1) is 11.3 Å². The molecule has 0 aliphatic rings. The molecule has 1 heterocycles. The van der Waals surface area contributed by atoms with E-state index in [1.54, 1.807) is 11.3 Å². The first-order chi connectivity index (χ1) is 13.7. The molecule has 28 heavy (non-hydrogen) atoms. The zero-order valence-corrected chi connectivity index (χ0v) is 17.4.